The van der Waals surface area contributed by atoms with Crippen molar-refractivity contribution in [2.75, 3.05) is 11.9 Å². The normalized spacial score (nSPS) is 17.9. The zero-order valence-corrected chi connectivity index (χ0v) is 12.1. The summed E-state index contributed by atoms with van der Waals surface area (Å²) in [6.07, 6.45) is 4.36. The van der Waals surface area contributed by atoms with Crippen LogP contribution in [0.3, 0.4) is 0 Å². The van der Waals surface area contributed by atoms with E-state index in [1.165, 1.54) is 0 Å². The Balaban J connectivity index is 1.66. The van der Waals surface area contributed by atoms with Gasteiger partial charge in [0.25, 0.3) is 0 Å². The lowest BCUT2D eigenvalue weighted by Crippen LogP contribution is -2.27. The van der Waals surface area contributed by atoms with E-state index in [1.54, 1.807) is 6.26 Å². The molecule has 1 amide bonds. The Morgan fingerprint density at radius 1 is 1.52 bits per heavy atom. The highest BCUT2D eigenvalue weighted by molar-refractivity contribution is 5.91. The van der Waals surface area contributed by atoms with Crippen LogP contribution in [-0.2, 0) is 4.79 Å². The fourth-order valence-corrected chi connectivity index (χ4v) is 2.58. The number of rotatable bonds is 4. The molecule has 3 rings (SSSR count). The number of oxazole rings is 1. The van der Waals surface area contributed by atoms with E-state index < -0.39 is 0 Å². The van der Waals surface area contributed by atoms with Crippen molar-refractivity contribution in [2.24, 2.45) is 0 Å². The van der Waals surface area contributed by atoms with Gasteiger partial charge in [0.2, 0.25) is 11.8 Å². The zero-order valence-electron chi connectivity index (χ0n) is 12.1. The van der Waals surface area contributed by atoms with Crippen LogP contribution in [0.1, 0.15) is 25.0 Å². The lowest BCUT2D eigenvalue weighted by Gasteiger charge is -2.10. The van der Waals surface area contributed by atoms with Crippen LogP contribution in [0, 0.1) is 6.92 Å². The van der Waals surface area contributed by atoms with E-state index in [9.17, 15) is 4.79 Å². The van der Waals surface area contributed by atoms with Crippen molar-refractivity contribution < 1.29 is 9.21 Å². The summed E-state index contributed by atoms with van der Waals surface area (Å²) in [7, 11) is 0. The minimum absolute atomic E-state index is 0.0372. The maximum absolute atomic E-state index is 12.0. The van der Waals surface area contributed by atoms with Gasteiger partial charge in [-0.15, -0.1) is 0 Å². The molecule has 1 saturated heterocycles. The van der Waals surface area contributed by atoms with Gasteiger partial charge in [-0.05, 0) is 44.5 Å². The van der Waals surface area contributed by atoms with Gasteiger partial charge in [-0.25, -0.2) is 4.98 Å². The molecule has 0 bridgehead atoms. The second-order valence-electron chi connectivity index (χ2n) is 5.42. The Morgan fingerprint density at radius 2 is 2.43 bits per heavy atom. The molecule has 1 unspecified atom stereocenters. The van der Waals surface area contributed by atoms with Crippen molar-refractivity contribution in [3.05, 3.63) is 36.2 Å². The van der Waals surface area contributed by atoms with E-state index >= 15 is 0 Å². The van der Waals surface area contributed by atoms with Crippen LogP contribution in [0.15, 0.2) is 34.9 Å². The molecule has 0 radical (unpaired) electrons. The average molecular weight is 285 g/mol. The summed E-state index contributed by atoms with van der Waals surface area (Å²) in [6, 6.07) is 7.87. The third-order valence-corrected chi connectivity index (χ3v) is 3.61. The topological polar surface area (TPSA) is 67.2 Å². The number of anilines is 1. The third kappa shape index (κ3) is 3.49. The van der Waals surface area contributed by atoms with Gasteiger partial charge in [0.05, 0.1) is 5.69 Å². The summed E-state index contributed by atoms with van der Waals surface area (Å²) in [4.78, 5) is 16.3. The van der Waals surface area contributed by atoms with E-state index in [0.29, 0.717) is 18.4 Å². The molecule has 5 nitrogen and oxygen atoms in total. The lowest BCUT2D eigenvalue weighted by molar-refractivity contribution is -0.116. The highest BCUT2D eigenvalue weighted by Gasteiger charge is 2.17. The second kappa shape index (κ2) is 6.10. The van der Waals surface area contributed by atoms with Gasteiger partial charge in [0.15, 0.2) is 0 Å². The highest BCUT2D eigenvalue weighted by atomic mass is 16.3. The molecule has 0 aliphatic carbocycles. The number of hydrogen-bond donors (Lipinski definition) is 2. The number of carbonyl (C=O) groups is 1. The van der Waals surface area contributed by atoms with Crippen molar-refractivity contribution >= 4 is 11.6 Å². The largest absolute Gasteiger partial charge is 0.444 e. The average Bonchev–Trinajstić information content (AvgIpc) is 3.10. The molecule has 2 N–H and O–H groups in total. The van der Waals surface area contributed by atoms with Crippen LogP contribution in [0.2, 0.25) is 0 Å². The number of nitrogens with zero attached hydrogens (tertiary/aromatic N) is 1. The molecule has 21 heavy (non-hydrogen) atoms. The van der Waals surface area contributed by atoms with E-state index in [1.807, 2.05) is 31.2 Å². The van der Waals surface area contributed by atoms with Crippen LogP contribution in [0.25, 0.3) is 11.5 Å². The summed E-state index contributed by atoms with van der Waals surface area (Å²) in [5.74, 6) is 0.608. The molecule has 0 saturated carbocycles. The molecule has 1 atom stereocenters. The first-order chi connectivity index (χ1) is 10.2. The quantitative estimate of drug-likeness (QED) is 0.906. The SMILES string of the molecule is Cc1coc(-c2cccc(NC(=O)CC3CCCN3)c2)n1. The first-order valence-corrected chi connectivity index (χ1v) is 7.26. The van der Waals surface area contributed by atoms with Crippen molar-refractivity contribution in [3.8, 4) is 11.5 Å². The van der Waals surface area contributed by atoms with Crippen LogP contribution in [0.5, 0.6) is 0 Å². The standard InChI is InChI=1S/C16H19N3O2/c1-11-10-21-16(18-11)12-4-2-5-14(8-12)19-15(20)9-13-6-3-7-17-13/h2,4-5,8,10,13,17H,3,6-7,9H2,1H3,(H,19,20). The number of benzene rings is 1. The van der Waals surface area contributed by atoms with Crippen LogP contribution in [-0.4, -0.2) is 23.5 Å². The van der Waals surface area contributed by atoms with Gasteiger partial charge in [-0.3, -0.25) is 4.79 Å². The predicted molar refractivity (Wildman–Crippen MR) is 80.9 cm³/mol. The van der Waals surface area contributed by atoms with Crippen molar-refractivity contribution in [1.82, 2.24) is 10.3 Å². The number of hydrogen-bond acceptors (Lipinski definition) is 4. The maximum Gasteiger partial charge on any atom is 0.226 e. The lowest BCUT2D eigenvalue weighted by atomic mass is 10.1. The monoisotopic (exact) mass is 285 g/mol. The molecule has 1 aliphatic heterocycles. The highest BCUT2D eigenvalue weighted by Crippen LogP contribution is 2.22. The fraction of sp³-hybridized carbons (Fsp3) is 0.375. The fourth-order valence-electron chi connectivity index (χ4n) is 2.58. The molecule has 1 aromatic heterocycles. The summed E-state index contributed by atoms with van der Waals surface area (Å²) >= 11 is 0. The number of nitrogens with one attached hydrogen (secondary N) is 2. The molecule has 0 spiro atoms. The number of aryl methyl sites for hydroxylation is 1. The summed E-state index contributed by atoms with van der Waals surface area (Å²) in [6.45, 7) is 2.89. The minimum Gasteiger partial charge on any atom is -0.444 e. The van der Waals surface area contributed by atoms with Crippen molar-refractivity contribution in [2.45, 2.75) is 32.2 Å². The Labute approximate surface area is 123 Å². The van der Waals surface area contributed by atoms with Gasteiger partial charge < -0.3 is 15.1 Å². The zero-order chi connectivity index (χ0) is 14.7. The molecule has 1 aliphatic rings. The Morgan fingerprint density at radius 3 is 3.14 bits per heavy atom. The van der Waals surface area contributed by atoms with Gasteiger partial charge in [-0.2, -0.15) is 0 Å². The van der Waals surface area contributed by atoms with Gasteiger partial charge >= 0.3 is 0 Å². The smallest absolute Gasteiger partial charge is 0.226 e. The summed E-state index contributed by atoms with van der Waals surface area (Å²) in [5.41, 5.74) is 2.47. The van der Waals surface area contributed by atoms with Gasteiger partial charge in [0, 0.05) is 23.7 Å². The first kappa shape index (κ1) is 13.8. The molecular formula is C16H19N3O2. The molecule has 2 heterocycles. The number of amides is 1. The molecule has 2 aromatic rings. The molecule has 1 fully saturated rings. The Kier molecular flexibility index (Phi) is 4.01. The number of carbonyl (C=O) groups excluding carboxylic acids is 1. The molecule has 5 heteroatoms. The number of aromatic nitrogens is 1. The maximum atomic E-state index is 12.0. The second-order valence-corrected chi connectivity index (χ2v) is 5.42. The van der Waals surface area contributed by atoms with E-state index in [2.05, 4.69) is 15.6 Å². The van der Waals surface area contributed by atoms with Crippen molar-refractivity contribution in [1.29, 1.82) is 0 Å². The predicted octanol–water partition coefficient (Wildman–Crippen LogP) is 2.73. The minimum atomic E-state index is 0.0372. The van der Waals surface area contributed by atoms with Gasteiger partial charge in [0.1, 0.15) is 6.26 Å². The molecular weight excluding hydrogens is 266 g/mol. The first-order valence-electron chi connectivity index (χ1n) is 7.26. The van der Waals surface area contributed by atoms with Crippen LogP contribution >= 0.6 is 0 Å². The van der Waals surface area contributed by atoms with E-state index in [-0.39, 0.29) is 5.91 Å². The van der Waals surface area contributed by atoms with Gasteiger partial charge in [-0.1, -0.05) is 6.07 Å². The summed E-state index contributed by atoms with van der Waals surface area (Å²) < 4.78 is 5.38. The molecule has 110 valence electrons. The Bertz CT molecular complexity index is 630. The van der Waals surface area contributed by atoms with Crippen LogP contribution in [0.4, 0.5) is 5.69 Å². The van der Waals surface area contributed by atoms with Crippen molar-refractivity contribution in [3.63, 3.8) is 0 Å². The third-order valence-electron chi connectivity index (χ3n) is 3.61. The molecule has 1 aromatic carbocycles. The summed E-state index contributed by atoms with van der Waals surface area (Å²) in [5, 5.41) is 6.26. The van der Waals surface area contributed by atoms with Crippen LogP contribution < -0.4 is 10.6 Å². The Hall–Kier alpha value is -2.14. The van der Waals surface area contributed by atoms with E-state index in [0.717, 1.165) is 36.3 Å². The van der Waals surface area contributed by atoms with E-state index in [4.69, 9.17) is 4.42 Å².